The number of hydrogen-bond acceptors (Lipinski definition) is 7. The van der Waals surface area contributed by atoms with E-state index in [1.54, 1.807) is 25.1 Å². The average molecular weight is 575 g/mol. The van der Waals surface area contributed by atoms with Crippen molar-refractivity contribution >= 4 is 29.4 Å². The van der Waals surface area contributed by atoms with Gasteiger partial charge in [0.25, 0.3) is 0 Å². The Labute approximate surface area is 241 Å². The summed E-state index contributed by atoms with van der Waals surface area (Å²) in [7, 11) is 0. The molecule has 1 amide bonds. The third kappa shape index (κ3) is 5.09. The number of amides is 1. The van der Waals surface area contributed by atoms with Crippen LogP contribution in [-0.4, -0.2) is 35.5 Å². The number of carbonyl (C=O) groups excluding carboxylic acids is 1. The molecule has 1 aliphatic heterocycles. The van der Waals surface area contributed by atoms with Crippen molar-refractivity contribution < 1.29 is 33.4 Å². The number of carbonyl (C=O) groups is 2. The molecule has 4 aromatic rings. The topological polar surface area (TPSA) is 120 Å². The maximum absolute atomic E-state index is 12.8. The molecular formula is C31H27ClN2O7. The zero-order chi connectivity index (χ0) is 28.6. The maximum atomic E-state index is 12.8. The first-order valence-corrected chi connectivity index (χ1v) is 13.7. The summed E-state index contributed by atoms with van der Waals surface area (Å²) in [6, 6.07) is 18.4. The normalized spacial score (nSPS) is 15.9. The van der Waals surface area contributed by atoms with Gasteiger partial charge in [-0.25, -0.2) is 4.79 Å². The summed E-state index contributed by atoms with van der Waals surface area (Å²) in [5.41, 5.74) is 3.21. The Morgan fingerprint density at radius 1 is 1.00 bits per heavy atom. The summed E-state index contributed by atoms with van der Waals surface area (Å²) in [5, 5.41) is 16.8. The molecule has 6 rings (SSSR count). The molecule has 10 heteroatoms. The molecule has 0 bridgehead atoms. The number of hydrogen-bond donors (Lipinski definition) is 2. The summed E-state index contributed by atoms with van der Waals surface area (Å²) in [5.74, 6) is 0.488. The maximum Gasteiger partial charge on any atom is 0.412 e. The second-order valence-electron chi connectivity index (χ2n) is 10.1. The fraction of sp³-hybridized carbons (Fsp3) is 0.258. The van der Waals surface area contributed by atoms with E-state index in [2.05, 4.69) is 10.5 Å². The molecule has 0 radical (unpaired) electrons. The third-order valence-electron chi connectivity index (χ3n) is 7.48. The average Bonchev–Trinajstić information content (AvgIpc) is 3.72. The van der Waals surface area contributed by atoms with Crippen molar-refractivity contribution in [2.45, 2.75) is 37.7 Å². The van der Waals surface area contributed by atoms with Crippen molar-refractivity contribution in [1.29, 1.82) is 0 Å². The minimum Gasteiger partial charge on any atom is -0.489 e. The van der Waals surface area contributed by atoms with E-state index in [0.29, 0.717) is 65.8 Å². The SMILES string of the molecule is CC(OC(=O)Nc1cnoc1-c1ccc(-c2ccc(C3(C(=O)O)CC3)cc2)c2c1OCCCO2)c1ccccc1Cl. The van der Waals surface area contributed by atoms with E-state index in [1.165, 1.54) is 6.20 Å². The van der Waals surface area contributed by atoms with Gasteiger partial charge in [-0.1, -0.05) is 59.2 Å². The van der Waals surface area contributed by atoms with Crippen molar-refractivity contribution in [2.75, 3.05) is 18.5 Å². The van der Waals surface area contributed by atoms with Crippen molar-refractivity contribution in [3.63, 3.8) is 0 Å². The van der Waals surface area contributed by atoms with Gasteiger partial charge in [-0.15, -0.1) is 0 Å². The number of aliphatic carboxylic acids is 1. The lowest BCUT2D eigenvalue weighted by Gasteiger charge is -2.17. The molecule has 1 atom stereocenters. The van der Waals surface area contributed by atoms with Crippen LogP contribution in [0.3, 0.4) is 0 Å². The van der Waals surface area contributed by atoms with E-state index >= 15 is 0 Å². The van der Waals surface area contributed by atoms with Crippen LogP contribution in [0, 0.1) is 0 Å². The monoisotopic (exact) mass is 574 g/mol. The summed E-state index contributed by atoms with van der Waals surface area (Å²) >= 11 is 6.25. The Balaban J connectivity index is 1.28. The summed E-state index contributed by atoms with van der Waals surface area (Å²) < 4.78 is 23.4. The molecule has 3 aromatic carbocycles. The first kappa shape index (κ1) is 26.7. The summed E-state index contributed by atoms with van der Waals surface area (Å²) in [6.45, 7) is 2.62. The summed E-state index contributed by atoms with van der Waals surface area (Å²) in [4.78, 5) is 24.5. The number of aromatic nitrogens is 1. The molecule has 2 N–H and O–H groups in total. The van der Waals surface area contributed by atoms with E-state index in [1.807, 2.05) is 42.5 Å². The molecule has 1 aliphatic carbocycles. The van der Waals surface area contributed by atoms with Crippen molar-refractivity contribution in [1.82, 2.24) is 5.16 Å². The van der Waals surface area contributed by atoms with Crippen LogP contribution in [-0.2, 0) is 14.9 Å². The Bertz CT molecular complexity index is 1610. The van der Waals surface area contributed by atoms with Crippen LogP contribution in [0.15, 0.2) is 71.4 Å². The number of fused-ring (bicyclic) bond motifs is 1. The number of rotatable bonds is 7. The highest BCUT2D eigenvalue weighted by Gasteiger charge is 2.51. The first-order chi connectivity index (χ1) is 19.9. The molecule has 2 aliphatic rings. The van der Waals surface area contributed by atoms with Gasteiger partial charge < -0.3 is 23.8 Å². The van der Waals surface area contributed by atoms with Crippen molar-refractivity contribution in [2.24, 2.45) is 0 Å². The minimum atomic E-state index is -0.793. The Morgan fingerprint density at radius 2 is 1.68 bits per heavy atom. The number of nitrogens with zero attached hydrogens (tertiary/aromatic N) is 1. The van der Waals surface area contributed by atoms with Crippen LogP contribution in [0.4, 0.5) is 10.5 Å². The quantitative estimate of drug-likeness (QED) is 0.237. The van der Waals surface area contributed by atoms with E-state index < -0.39 is 23.6 Å². The molecular weight excluding hydrogens is 548 g/mol. The fourth-order valence-electron chi connectivity index (χ4n) is 5.07. The van der Waals surface area contributed by atoms with E-state index in [0.717, 1.165) is 16.7 Å². The van der Waals surface area contributed by atoms with Gasteiger partial charge in [-0.3, -0.25) is 10.1 Å². The number of halogens is 1. The van der Waals surface area contributed by atoms with Gasteiger partial charge in [0.05, 0.1) is 30.4 Å². The smallest absolute Gasteiger partial charge is 0.412 e. The van der Waals surface area contributed by atoms with E-state index in [4.69, 9.17) is 30.3 Å². The molecule has 210 valence electrons. The molecule has 1 saturated carbocycles. The van der Waals surface area contributed by atoms with Gasteiger partial charge in [0.15, 0.2) is 17.3 Å². The lowest BCUT2D eigenvalue weighted by Crippen LogP contribution is -2.19. The number of nitrogens with one attached hydrogen (secondary N) is 1. The predicted molar refractivity (Wildman–Crippen MR) is 152 cm³/mol. The Morgan fingerprint density at radius 3 is 2.37 bits per heavy atom. The molecule has 1 aromatic heterocycles. The molecule has 1 fully saturated rings. The zero-order valence-electron chi connectivity index (χ0n) is 22.2. The second-order valence-corrected chi connectivity index (χ2v) is 10.5. The molecule has 2 heterocycles. The first-order valence-electron chi connectivity index (χ1n) is 13.3. The van der Waals surface area contributed by atoms with Gasteiger partial charge in [-0.05, 0) is 49.1 Å². The largest absolute Gasteiger partial charge is 0.489 e. The third-order valence-corrected chi connectivity index (χ3v) is 7.82. The second kappa shape index (κ2) is 10.8. The molecule has 0 spiro atoms. The van der Waals surface area contributed by atoms with Crippen molar-refractivity contribution in [3.05, 3.63) is 83.0 Å². The molecule has 9 nitrogen and oxygen atoms in total. The van der Waals surface area contributed by atoms with Crippen LogP contribution in [0.25, 0.3) is 22.5 Å². The van der Waals surface area contributed by atoms with E-state index in [9.17, 15) is 14.7 Å². The highest BCUT2D eigenvalue weighted by molar-refractivity contribution is 6.31. The Kier molecular flexibility index (Phi) is 7.05. The van der Waals surface area contributed by atoms with Gasteiger partial charge in [0, 0.05) is 22.6 Å². The Hall–Kier alpha value is -4.50. The predicted octanol–water partition coefficient (Wildman–Crippen LogP) is 7.25. The van der Waals surface area contributed by atoms with Gasteiger partial charge in [0.1, 0.15) is 11.8 Å². The zero-order valence-corrected chi connectivity index (χ0v) is 22.9. The van der Waals surface area contributed by atoms with Gasteiger partial charge in [0.2, 0.25) is 0 Å². The standard InChI is InChI=1S/C31H27ClN2O7/c1-18(21-5-2-3-6-24(21)32)40-30(37)34-25-17-33-41-26(25)23-12-11-22(27-28(23)39-16-4-15-38-27)19-7-9-20(10-8-19)31(13-14-31)29(35)36/h2-3,5-12,17-18H,4,13-16H2,1H3,(H,34,37)(H,35,36). The number of ether oxygens (including phenoxy) is 3. The van der Waals surface area contributed by atoms with Crippen molar-refractivity contribution in [3.8, 4) is 33.9 Å². The minimum absolute atomic E-state index is 0.285. The number of carboxylic acids is 1. The van der Waals surface area contributed by atoms with Crippen LogP contribution in [0.5, 0.6) is 11.5 Å². The molecule has 41 heavy (non-hydrogen) atoms. The van der Waals surface area contributed by atoms with E-state index in [-0.39, 0.29) is 5.76 Å². The number of anilines is 1. The fourth-order valence-corrected chi connectivity index (χ4v) is 5.36. The van der Waals surface area contributed by atoms with Crippen LogP contribution < -0.4 is 14.8 Å². The number of benzene rings is 3. The summed E-state index contributed by atoms with van der Waals surface area (Å²) in [6.07, 6.45) is 2.07. The molecule has 0 saturated heterocycles. The van der Waals surface area contributed by atoms with Gasteiger partial charge >= 0.3 is 12.1 Å². The molecule has 1 unspecified atom stereocenters. The van der Waals surface area contributed by atoms with Crippen LogP contribution in [0.2, 0.25) is 5.02 Å². The lowest BCUT2D eigenvalue weighted by molar-refractivity contribution is -0.140. The highest BCUT2D eigenvalue weighted by atomic mass is 35.5. The van der Waals surface area contributed by atoms with Crippen LogP contribution >= 0.6 is 11.6 Å². The van der Waals surface area contributed by atoms with Crippen LogP contribution in [0.1, 0.15) is 43.4 Å². The number of carboxylic acid groups (broad SMARTS) is 1. The van der Waals surface area contributed by atoms with Gasteiger partial charge in [-0.2, -0.15) is 0 Å². The highest BCUT2D eigenvalue weighted by Crippen LogP contribution is 2.50. The lowest BCUT2D eigenvalue weighted by atomic mass is 9.93.